The predicted octanol–water partition coefficient (Wildman–Crippen LogP) is 3.98. The fraction of sp³-hybridized carbons (Fsp3) is 0.647. The van der Waals surface area contributed by atoms with Crippen LogP contribution in [0.1, 0.15) is 84.3 Å². The number of carbonyl (C=O) groups is 1. The molecule has 2 unspecified atom stereocenters. The van der Waals surface area contributed by atoms with Crippen molar-refractivity contribution >= 4 is 34.7 Å². The number of anilines is 1. The topological polar surface area (TPSA) is 195 Å². The minimum Gasteiger partial charge on any atom is -0.491 e. The van der Waals surface area contributed by atoms with E-state index >= 15 is 0 Å². The lowest BCUT2D eigenvalue weighted by atomic mass is 9.69. The van der Waals surface area contributed by atoms with Crippen LogP contribution in [0.15, 0.2) is 35.7 Å². The van der Waals surface area contributed by atoms with Crippen molar-refractivity contribution in [3.05, 3.63) is 36.2 Å². The largest absolute Gasteiger partial charge is 0.491 e. The quantitative estimate of drug-likeness (QED) is 0.107. The Bertz CT molecular complexity index is 1520. The Morgan fingerprint density at radius 1 is 1.02 bits per heavy atom. The van der Waals surface area contributed by atoms with Gasteiger partial charge in [0, 0.05) is 5.75 Å². The SMILES string of the molecule is CCOC(=O)c1ccc(OCC(O)CSc2nc3c(N)ncnc3n2[C@@H]2O[C@H](C(O)CC(C)C)[C@](O)(CC(C)C)[C@]2(O)CC(C)C)cc1. The number of ether oxygens (including phenoxy) is 3. The number of aliphatic hydroxyl groups is 4. The van der Waals surface area contributed by atoms with Gasteiger partial charge in [-0.05, 0) is 68.2 Å². The van der Waals surface area contributed by atoms with Crippen molar-refractivity contribution in [2.75, 3.05) is 24.7 Å². The molecule has 0 amide bonds. The smallest absolute Gasteiger partial charge is 0.338 e. The van der Waals surface area contributed by atoms with Gasteiger partial charge in [-0.15, -0.1) is 0 Å². The van der Waals surface area contributed by atoms with Gasteiger partial charge < -0.3 is 40.4 Å². The van der Waals surface area contributed by atoms with Crippen molar-refractivity contribution in [3.63, 3.8) is 0 Å². The van der Waals surface area contributed by atoms with E-state index in [1.165, 1.54) is 18.1 Å². The van der Waals surface area contributed by atoms with Crippen molar-refractivity contribution in [3.8, 4) is 5.75 Å². The van der Waals surface area contributed by atoms with Crippen LogP contribution in [0.4, 0.5) is 5.82 Å². The van der Waals surface area contributed by atoms with E-state index in [4.69, 9.17) is 24.9 Å². The van der Waals surface area contributed by atoms with E-state index < -0.39 is 41.7 Å². The fourth-order valence-corrected chi connectivity index (χ4v) is 7.38. The Balaban J connectivity index is 1.66. The summed E-state index contributed by atoms with van der Waals surface area (Å²) in [5, 5.41) is 47.9. The second kappa shape index (κ2) is 15.7. The molecule has 1 aliphatic heterocycles. The van der Waals surface area contributed by atoms with Gasteiger partial charge in [-0.3, -0.25) is 4.57 Å². The predicted molar refractivity (Wildman–Crippen MR) is 183 cm³/mol. The molecule has 3 heterocycles. The molecule has 0 saturated carbocycles. The summed E-state index contributed by atoms with van der Waals surface area (Å²) in [6.07, 6.45) is -2.35. The summed E-state index contributed by atoms with van der Waals surface area (Å²) in [6.45, 7) is 13.7. The van der Waals surface area contributed by atoms with Crippen LogP contribution < -0.4 is 10.5 Å². The maximum atomic E-state index is 12.7. The number of hydrogen-bond donors (Lipinski definition) is 5. The summed E-state index contributed by atoms with van der Waals surface area (Å²) in [5.41, 5.74) is 3.50. The third kappa shape index (κ3) is 8.06. The number of imidazole rings is 1. The fourth-order valence-electron chi connectivity index (χ4n) is 6.46. The van der Waals surface area contributed by atoms with Gasteiger partial charge in [-0.2, -0.15) is 0 Å². The van der Waals surface area contributed by atoms with Gasteiger partial charge in [0.1, 0.15) is 36.0 Å². The number of aromatic nitrogens is 4. The third-order valence-electron chi connectivity index (χ3n) is 8.33. The van der Waals surface area contributed by atoms with Crippen molar-refractivity contribution in [2.24, 2.45) is 17.8 Å². The zero-order valence-corrected chi connectivity index (χ0v) is 29.7. The van der Waals surface area contributed by atoms with Crippen LogP contribution in [0.3, 0.4) is 0 Å². The highest BCUT2D eigenvalue weighted by atomic mass is 32.2. The molecule has 266 valence electrons. The number of thioether (sulfide) groups is 1. The highest BCUT2D eigenvalue weighted by Gasteiger charge is 2.68. The van der Waals surface area contributed by atoms with E-state index in [1.807, 2.05) is 41.5 Å². The minimum absolute atomic E-state index is 0.0346. The van der Waals surface area contributed by atoms with Gasteiger partial charge in [-0.25, -0.2) is 19.7 Å². The molecule has 2 aromatic heterocycles. The highest BCUT2D eigenvalue weighted by molar-refractivity contribution is 7.99. The van der Waals surface area contributed by atoms with Gasteiger partial charge >= 0.3 is 5.97 Å². The standard InChI is InChI=1S/C34H51N5O8S/c1-8-45-30(42)22-9-11-24(12-10-22)46-16-23(40)17-48-32-38-26-28(35)36-18-37-29(26)39(32)31-34(44,15-21(6)7)33(43,14-20(4)5)27(47-31)25(41)13-19(2)3/h9-12,18-21,23,25,27,31,40-41,43-44H,8,13-17H2,1-7H3,(H2,35,36,37)/t23?,25?,27-,31-,33-,34+/m1/s1. The second-order valence-corrected chi connectivity index (χ2v) is 14.9. The van der Waals surface area contributed by atoms with Gasteiger partial charge in [0.2, 0.25) is 0 Å². The molecule has 14 heteroatoms. The first-order chi connectivity index (χ1) is 22.6. The van der Waals surface area contributed by atoms with E-state index in [0.717, 1.165) is 0 Å². The molecule has 6 N–H and O–H groups in total. The average molecular weight is 690 g/mol. The van der Waals surface area contributed by atoms with Crippen LogP contribution >= 0.6 is 11.8 Å². The van der Waals surface area contributed by atoms with E-state index in [2.05, 4.69) is 9.97 Å². The molecule has 0 spiro atoms. The minimum atomic E-state index is -1.87. The Labute approximate surface area is 286 Å². The summed E-state index contributed by atoms with van der Waals surface area (Å²) >= 11 is 1.18. The number of esters is 1. The first-order valence-electron chi connectivity index (χ1n) is 16.6. The Hall–Kier alpha value is -3.01. The van der Waals surface area contributed by atoms with Crippen molar-refractivity contribution in [1.82, 2.24) is 19.5 Å². The van der Waals surface area contributed by atoms with Crippen LogP contribution in [0.2, 0.25) is 0 Å². The molecule has 3 aromatic rings. The van der Waals surface area contributed by atoms with Crippen molar-refractivity contribution in [1.29, 1.82) is 0 Å². The molecule has 13 nitrogen and oxygen atoms in total. The van der Waals surface area contributed by atoms with Crippen LogP contribution in [-0.4, -0.2) is 94.4 Å². The number of rotatable bonds is 16. The number of nitrogens with zero attached hydrogens (tertiary/aromatic N) is 4. The second-order valence-electron chi connectivity index (χ2n) is 13.9. The Morgan fingerprint density at radius 3 is 2.27 bits per heavy atom. The lowest BCUT2D eigenvalue weighted by molar-refractivity contribution is -0.178. The molecule has 0 aliphatic carbocycles. The van der Waals surface area contributed by atoms with E-state index in [9.17, 15) is 25.2 Å². The molecular weight excluding hydrogens is 638 g/mol. The monoisotopic (exact) mass is 689 g/mol. The van der Waals surface area contributed by atoms with Gasteiger partial charge in [0.25, 0.3) is 0 Å². The van der Waals surface area contributed by atoms with Gasteiger partial charge in [-0.1, -0.05) is 53.3 Å². The Morgan fingerprint density at radius 2 is 1.67 bits per heavy atom. The number of aliphatic hydroxyl groups excluding tert-OH is 2. The summed E-state index contributed by atoms with van der Waals surface area (Å²) in [5.74, 6) is 0.303. The average Bonchev–Trinajstić information content (AvgIpc) is 3.46. The lowest BCUT2D eigenvalue weighted by Gasteiger charge is -2.44. The number of nitrogens with two attached hydrogens (primary N) is 1. The zero-order valence-electron chi connectivity index (χ0n) is 28.9. The summed E-state index contributed by atoms with van der Waals surface area (Å²) in [7, 11) is 0. The number of carbonyl (C=O) groups excluding carboxylic acids is 1. The molecule has 0 radical (unpaired) electrons. The molecule has 1 saturated heterocycles. The molecule has 1 fully saturated rings. The molecule has 0 bridgehead atoms. The summed E-state index contributed by atoms with van der Waals surface area (Å²) in [6, 6.07) is 6.44. The van der Waals surface area contributed by atoms with E-state index in [1.54, 1.807) is 35.8 Å². The van der Waals surface area contributed by atoms with Crippen molar-refractivity contribution in [2.45, 2.75) is 109 Å². The van der Waals surface area contributed by atoms with Crippen LogP contribution in [0.5, 0.6) is 5.75 Å². The number of nitrogen functional groups attached to an aromatic ring is 1. The third-order valence-corrected chi connectivity index (χ3v) is 9.42. The van der Waals surface area contributed by atoms with E-state index in [0.29, 0.717) is 22.9 Å². The zero-order chi connectivity index (χ0) is 35.4. The van der Waals surface area contributed by atoms with E-state index in [-0.39, 0.29) is 66.5 Å². The van der Waals surface area contributed by atoms with Crippen LogP contribution in [0, 0.1) is 17.8 Å². The normalized spacial score (nSPS) is 24.1. The molecular formula is C34H51N5O8S. The summed E-state index contributed by atoms with van der Waals surface area (Å²) < 4.78 is 19.0. The number of fused-ring (bicyclic) bond motifs is 1. The maximum Gasteiger partial charge on any atom is 0.338 e. The summed E-state index contributed by atoms with van der Waals surface area (Å²) in [4.78, 5) is 25.2. The van der Waals surface area contributed by atoms with Crippen LogP contribution in [-0.2, 0) is 9.47 Å². The molecule has 1 aliphatic rings. The van der Waals surface area contributed by atoms with Crippen LogP contribution in [0.25, 0.3) is 11.2 Å². The molecule has 1 aromatic carbocycles. The number of benzene rings is 1. The molecule has 48 heavy (non-hydrogen) atoms. The van der Waals surface area contributed by atoms with Gasteiger partial charge in [0.15, 0.2) is 28.4 Å². The first kappa shape index (κ1) is 37.8. The molecule has 6 atom stereocenters. The lowest BCUT2D eigenvalue weighted by Crippen LogP contribution is -2.61. The van der Waals surface area contributed by atoms with Crippen molar-refractivity contribution < 1.29 is 39.4 Å². The Kier molecular flexibility index (Phi) is 12.4. The first-order valence-corrected chi connectivity index (χ1v) is 17.6. The number of hydrogen-bond acceptors (Lipinski definition) is 13. The highest BCUT2D eigenvalue weighted by Crippen LogP contribution is 2.54. The van der Waals surface area contributed by atoms with Gasteiger partial charge in [0.05, 0.1) is 24.4 Å². The molecule has 4 rings (SSSR count). The maximum absolute atomic E-state index is 12.7.